The second-order valence-electron chi connectivity index (χ2n) is 9.33. The molecule has 1 aliphatic rings. The van der Waals surface area contributed by atoms with Gasteiger partial charge in [0.25, 0.3) is 11.8 Å². The zero-order valence-electron chi connectivity index (χ0n) is 21.2. The van der Waals surface area contributed by atoms with E-state index in [4.69, 9.17) is 0 Å². The van der Waals surface area contributed by atoms with Crippen LogP contribution in [0.5, 0.6) is 0 Å². The van der Waals surface area contributed by atoms with Gasteiger partial charge >= 0.3 is 0 Å². The first-order chi connectivity index (χ1) is 16.9. The summed E-state index contributed by atoms with van der Waals surface area (Å²) in [5.41, 5.74) is 2.49. The maximum absolute atomic E-state index is 12.9. The lowest BCUT2D eigenvalue weighted by molar-refractivity contribution is -0.114. The van der Waals surface area contributed by atoms with Crippen molar-refractivity contribution in [3.8, 4) is 0 Å². The number of hydrogen-bond acceptors (Lipinski definition) is 4. The minimum atomic E-state index is -0.225. The fraction of sp³-hybridized carbons (Fsp3) is 0.464. The number of hydrogen-bond donors (Lipinski definition) is 2. The molecule has 0 spiro atoms. The van der Waals surface area contributed by atoms with Crippen LogP contribution in [0.25, 0.3) is 0 Å². The van der Waals surface area contributed by atoms with Crippen LogP contribution in [0.3, 0.4) is 0 Å². The van der Waals surface area contributed by atoms with E-state index in [1.807, 2.05) is 21.9 Å². The quantitative estimate of drug-likeness (QED) is 0.510. The molecule has 188 valence electrons. The highest BCUT2D eigenvalue weighted by atomic mass is 16.2. The van der Waals surface area contributed by atoms with E-state index in [0.29, 0.717) is 28.4 Å². The summed E-state index contributed by atoms with van der Waals surface area (Å²) in [4.78, 5) is 42.0. The summed E-state index contributed by atoms with van der Waals surface area (Å²) in [5, 5.41) is 5.96. The summed E-state index contributed by atoms with van der Waals surface area (Å²) < 4.78 is 0. The van der Waals surface area contributed by atoms with Gasteiger partial charge in [0.15, 0.2) is 0 Å². The normalized spacial score (nSPS) is 13.9. The van der Waals surface area contributed by atoms with E-state index in [-0.39, 0.29) is 24.3 Å². The van der Waals surface area contributed by atoms with Crippen molar-refractivity contribution in [2.45, 2.75) is 46.5 Å². The first-order valence-corrected chi connectivity index (χ1v) is 12.7. The van der Waals surface area contributed by atoms with Crippen molar-refractivity contribution in [3.63, 3.8) is 0 Å². The molecule has 0 aromatic heterocycles. The van der Waals surface area contributed by atoms with E-state index < -0.39 is 0 Å². The molecule has 3 rings (SSSR count). The average Bonchev–Trinajstić information content (AvgIpc) is 2.87. The Balaban J connectivity index is 1.56. The molecule has 0 saturated carbocycles. The lowest BCUT2D eigenvalue weighted by atomic mass is 9.98. The molecule has 1 aliphatic heterocycles. The number of piperidine rings is 1. The predicted octanol–water partition coefficient (Wildman–Crippen LogP) is 4.87. The molecule has 7 heteroatoms. The predicted molar refractivity (Wildman–Crippen MR) is 141 cm³/mol. The molecule has 35 heavy (non-hydrogen) atoms. The molecule has 0 unspecified atom stereocenters. The van der Waals surface area contributed by atoms with Gasteiger partial charge in [-0.15, -0.1) is 0 Å². The maximum Gasteiger partial charge on any atom is 0.253 e. The van der Waals surface area contributed by atoms with Gasteiger partial charge in [0.2, 0.25) is 5.91 Å². The molecule has 0 aliphatic carbocycles. The largest absolute Gasteiger partial charge is 0.376 e. The first-order valence-electron chi connectivity index (χ1n) is 12.7. The van der Waals surface area contributed by atoms with E-state index in [2.05, 4.69) is 31.4 Å². The molecule has 2 aromatic rings. The summed E-state index contributed by atoms with van der Waals surface area (Å²) in [7, 11) is 0. The number of anilines is 2. The van der Waals surface area contributed by atoms with Gasteiger partial charge in [-0.1, -0.05) is 32.9 Å². The summed E-state index contributed by atoms with van der Waals surface area (Å²) in [6, 6.07) is 14.3. The van der Waals surface area contributed by atoms with Gasteiger partial charge in [-0.25, -0.2) is 0 Å². The van der Waals surface area contributed by atoms with Crippen molar-refractivity contribution in [2.75, 3.05) is 43.4 Å². The summed E-state index contributed by atoms with van der Waals surface area (Å²) in [6.07, 6.45) is 3.87. The zero-order valence-corrected chi connectivity index (χ0v) is 21.2. The van der Waals surface area contributed by atoms with Gasteiger partial charge in [0, 0.05) is 48.7 Å². The van der Waals surface area contributed by atoms with E-state index in [1.165, 1.54) is 0 Å². The molecule has 0 radical (unpaired) electrons. The van der Waals surface area contributed by atoms with Gasteiger partial charge in [-0.05, 0) is 68.0 Å². The van der Waals surface area contributed by atoms with Crippen LogP contribution < -0.4 is 10.6 Å². The van der Waals surface area contributed by atoms with Gasteiger partial charge < -0.3 is 20.4 Å². The average molecular weight is 479 g/mol. The second-order valence-corrected chi connectivity index (χ2v) is 9.33. The molecule has 2 N–H and O–H groups in total. The number of nitrogens with zero attached hydrogens (tertiary/aromatic N) is 2. The van der Waals surface area contributed by atoms with Crippen LogP contribution in [-0.2, 0) is 4.79 Å². The first kappa shape index (κ1) is 26.3. The highest BCUT2D eigenvalue weighted by molar-refractivity contribution is 5.98. The topological polar surface area (TPSA) is 81.8 Å². The zero-order chi connectivity index (χ0) is 25.2. The lowest BCUT2D eigenvalue weighted by Gasteiger charge is -2.30. The van der Waals surface area contributed by atoms with Crippen molar-refractivity contribution < 1.29 is 14.4 Å². The third-order valence-corrected chi connectivity index (χ3v) is 6.30. The van der Waals surface area contributed by atoms with Gasteiger partial charge in [0.05, 0.1) is 6.54 Å². The molecule has 7 nitrogen and oxygen atoms in total. The van der Waals surface area contributed by atoms with Gasteiger partial charge in [-0.2, -0.15) is 0 Å². The van der Waals surface area contributed by atoms with E-state index >= 15 is 0 Å². The minimum absolute atomic E-state index is 0.00597. The molecule has 2 aromatic carbocycles. The Morgan fingerprint density at radius 1 is 0.914 bits per heavy atom. The van der Waals surface area contributed by atoms with Crippen molar-refractivity contribution in [1.29, 1.82) is 0 Å². The Morgan fingerprint density at radius 3 is 2.17 bits per heavy atom. The highest BCUT2D eigenvalue weighted by Crippen LogP contribution is 2.20. The maximum atomic E-state index is 12.9. The Kier molecular flexibility index (Phi) is 9.70. The van der Waals surface area contributed by atoms with Crippen molar-refractivity contribution in [2.24, 2.45) is 5.92 Å². The van der Waals surface area contributed by atoms with Crippen LogP contribution in [0.4, 0.5) is 11.4 Å². The SMILES string of the molecule is CCCN(CCC)C(=O)c1cccc(NCC(=O)Nc2cccc(C(=O)N3CCC(C)CC3)c2)c1. The molecular formula is C28H38N4O3. The Hall–Kier alpha value is -3.35. The standard InChI is InChI=1S/C28H38N4O3/c1-4-14-31(15-5-2)27(34)22-8-6-10-24(18-22)29-20-26(33)30-25-11-7-9-23(19-25)28(35)32-16-12-21(3)13-17-32/h6-11,18-19,21,29H,4-5,12-17,20H2,1-3H3,(H,30,33). The number of carbonyl (C=O) groups is 3. The Morgan fingerprint density at radius 2 is 1.51 bits per heavy atom. The van der Waals surface area contributed by atoms with Crippen LogP contribution in [0, 0.1) is 5.92 Å². The number of likely N-dealkylation sites (tertiary alicyclic amines) is 1. The summed E-state index contributed by atoms with van der Waals surface area (Å²) >= 11 is 0. The number of rotatable bonds is 10. The number of carbonyl (C=O) groups excluding carboxylic acids is 3. The molecule has 3 amide bonds. The van der Waals surface area contributed by atoms with Crippen molar-refractivity contribution in [3.05, 3.63) is 59.7 Å². The second kappa shape index (κ2) is 12.9. The van der Waals surface area contributed by atoms with Crippen LogP contribution in [-0.4, -0.2) is 60.2 Å². The Labute approximate surface area is 208 Å². The van der Waals surface area contributed by atoms with Crippen molar-refractivity contribution >= 4 is 29.1 Å². The number of amides is 3. The summed E-state index contributed by atoms with van der Waals surface area (Å²) in [5.74, 6) is 0.443. The van der Waals surface area contributed by atoms with Gasteiger partial charge in [0.1, 0.15) is 0 Å². The minimum Gasteiger partial charge on any atom is -0.376 e. The van der Waals surface area contributed by atoms with E-state index in [1.54, 1.807) is 36.4 Å². The van der Waals surface area contributed by atoms with Crippen LogP contribution in [0.1, 0.15) is 67.2 Å². The van der Waals surface area contributed by atoms with Crippen LogP contribution >= 0.6 is 0 Å². The smallest absolute Gasteiger partial charge is 0.253 e. The van der Waals surface area contributed by atoms with E-state index in [0.717, 1.165) is 51.9 Å². The molecule has 1 saturated heterocycles. The number of benzene rings is 2. The van der Waals surface area contributed by atoms with E-state index in [9.17, 15) is 14.4 Å². The summed E-state index contributed by atoms with van der Waals surface area (Å²) in [6.45, 7) is 9.39. The molecule has 0 atom stereocenters. The fourth-order valence-corrected chi connectivity index (χ4v) is 4.31. The Bertz CT molecular complexity index is 1010. The van der Waals surface area contributed by atoms with Crippen LogP contribution in [0.15, 0.2) is 48.5 Å². The number of nitrogens with one attached hydrogen (secondary N) is 2. The highest BCUT2D eigenvalue weighted by Gasteiger charge is 2.21. The van der Waals surface area contributed by atoms with Crippen molar-refractivity contribution in [1.82, 2.24) is 9.80 Å². The fourth-order valence-electron chi connectivity index (χ4n) is 4.31. The van der Waals surface area contributed by atoms with Gasteiger partial charge in [-0.3, -0.25) is 14.4 Å². The molecule has 1 heterocycles. The lowest BCUT2D eigenvalue weighted by Crippen LogP contribution is -2.37. The monoisotopic (exact) mass is 478 g/mol. The van der Waals surface area contributed by atoms with Crippen LogP contribution in [0.2, 0.25) is 0 Å². The molecule has 0 bridgehead atoms. The third kappa shape index (κ3) is 7.57. The third-order valence-electron chi connectivity index (χ3n) is 6.30. The molecular weight excluding hydrogens is 440 g/mol. The molecule has 1 fully saturated rings.